The summed E-state index contributed by atoms with van der Waals surface area (Å²) in [5, 5.41) is 4.04. The Kier molecular flexibility index (Phi) is 5.64. The minimum Gasteiger partial charge on any atom is -0.354 e. The summed E-state index contributed by atoms with van der Waals surface area (Å²) < 4.78 is 0. The van der Waals surface area contributed by atoms with Gasteiger partial charge in [-0.2, -0.15) is 0 Å². The molecule has 1 aliphatic heterocycles. The summed E-state index contributed by atoms with van der Waals surface area (Å²) in [6.07, 6.45) is 1.17. The van der Waals surface area contributed by atoms with Crippen LogP contribution in [0.4, 0.5) is 5.82 Å². The fourth-order valence-corrected chi connectivity index (χ4v) is 2.78. The molecule has 0 amide bonds. The van der Waals surface area contributed by atoms with Crippen molar-refractivity contribution in [2.24, 2.45) is 0 Å². The van der Waals surface area contributed by atoms with E-state index in [0.29, 0.717) is 6.04 Å². The molecule has 1 saturated heterocycles. The maximum atomic E-state index is 6.22. The molecule has 0 spiro atoms. The molecule has 1 atom stereocenters. The van der Waals surface area contributed by atoms with Crippen molar-refractivity contribution >= 4 is 17.4 Å². The zero-order valence-corrected chi connectivity index (χ0v) is 13.5. The number of hydrogen-bond acceptors (Lipinski definition) is 4. The predicted molar refractivity (Wildman–Crippen MR) is 85.5 cm³/mol. The summed E-state index contributed by atoms with van der Waals surface area (Å²) in [7, 11) is 2.21. The van der Waals surface area contributed by atoms with E-state index in [-0.39, 0.29) is 0 Å². The number of piperazine rings is 1. The van der Waals surface area contributed by atoms with Crippen LogP contribution in [0.1, 0.15) is 26.0 Å². The van der Waals surface area contributed by atoms with E-state index in [1.54, 1.807) is 0 Å². The number of hydrogen-bond donors (Lipinski definition) is 1. The van der Waals surface area contributed by atoms with Crippen LogP contribution in [0.3, 0.4) is 0 Å². The standard InChI is InChI=1S/C15H25ClN4/c1-4-12-11-20(9-8-19(12)3)15-7-6-13(16)14(18-15)10-17-5-2/h6-7,12,17H,4-5,8-11H2,1-3H3. The maximum Gasteiger partial charge on any atom is 0.129 e. The molecule has 1 fully saturated rings. The first-order valence-corrected chi connectivity index (χ1v) is 7.84. The van der Waals surface area contributed by atoms with Gasteiger partial charge in [-0.15, -0.1) is 0 Å². The molecule has 4 nitrogen and oxygen atoms in total. The van der Waals surface area contributed by atoms with Crippen molar-refractivity contribution in [3.05, 3.63) is 22.8 Å². The van der Waals surface area contributed by atoms with Gasteiger partial charge in [0, 0.05) is 32.2 Å². The Morgan fingerprint density at radius 2 is 2.15 bits per heavy atom. The number of halogens is 1. The SMILES string of the molecule is CCNCc1nc(N2CCN(C)C(CC)C2)ccc1Cl. The Morgan fingerprint density at radius 3 is 2.85 bits per heavy atom. The third-order valence-electron chi connectivity index (χ3n) is 4.02. The number of anilines is 1. The van der Waals surface area contributed by atoms with Crippen molar-refractivity contribution in [1.82, 2.24) is 15.2 Å². The summed E-state index contributed by atoms with van der Waals surface area (Å²) in [5.74, 6) is 1.05. The second-order valence-electron chi connectivity index (χ2n) is 5.37. The Bertz CT molecular complexity index is 438. The van der Waals surface area contributed by atoms with Gasteiger partial charge in [0.15, 0.2) is 0 Å². The van der Waals surface area contributed by atoms with Crippen LogP contribution in [-0.2, 0) is 6.54 Å². The van der Waals surface area contributed by atoms with E-state index in [9.17, 15) is 0 Å². The monoisotopic (exact) mass is 296 g/mol. The average Bonchev–Trinajstić information content (AvgIpc) is 2.47. The molecular weight excluding hydrogens is 272 g/mol. The van der Waals surface area contributed by atoms with Crippen molar-refractivity contribution in [2.45, 2.75) is 32.9 Å². The van der Waals surface area contributed by atoms with Crippen LogP contribution in [0.2, 0.25) is 5.02 Å². The van der Waals surface area contributed by atoms with Crippen molar-refractivity contribution in [2.75, 3.05) is 38.1 Å². The van der Waals surface area contributed by atoms with E-state index < -0.39 is 0 Å². The van der Waals surface area contributed by atoms with Gasteiger partial charge in [0.25, 0.3) is 0 Å². The lowest BCUT2D eigenvalue weighted by Gasteiger charge is -2.39. The lowest BCUT2D eigenvalue weighted by molar-refractivity contribution is 0.213. The first-order chi connectivity index (χ1) is 9.65. The van der Waals surface area contributed by atoms with Crippen LogP contribution in [0.25, 0.3) is 0 Å². The number of nitrogens with one attached hydrogen (secondary N) is 1. The Morgan fingerprint density at radius 1 is 1.35 bits per heavy atom. The molecule has 0 radical (unpaired) electrons. The topological polar surface area (TPSA) is 31.4 Å². The molecule has 0 saturated carbocycles. The Labute approximate surface area is 127 Å². The zero-order valence-electron chi connectivity index (χ0n) is 12.7. The molecule has 2 rings (SSSR count). The third kappa shape index (κ3) is 3.62. The number of aromatic nitrogens is 1. The minimum atomic E-state index is 0.610. The zero-order chi connectivity index (χ0) is 14.5. The molecular formula is C15H25ClN4. The van der Waals surface area contributed by atoms with E-state index in [2.05, 4.69) is 36.0 Å². The predicted octanol–water partition coefficient (Wildman–Crippen LogP) is 2.37. The van der Waals surface area contributed by atoms with Gasteiger partial charge in [0.2, 0.25) is 0 Å². The molecule has 1 aromatic rings. The van der Waals surface area contributed by atoms with Crippen molar-refractivity contribution in [3.63, 3.8) is 0 Å². The van der Waals surface area contributed by atoms with Gasteiger partial charge in [-0.05, 0) is 32.1 Å². The molecule has 0 bridgehead atoms. The summed E-state index contributed by atoms with van der Waals surface area (Å²) in [5.41, 5.74) is 0.943. The van der Waals surface area contributed by atoms with Crippen LogP contribution < -0.4 is 10.2 Å². The van der Waals surface area contributed by atoms with Crippen molar-refractivity contribution in [1.29, 1.82) is 0 Å². The van der Waals surface area contributed by atoms with Crippen LogP contribution in [-0.4, -0.2) is 49.2 Å². The number of nitrogens with zero attached hydrogens (tertiary/aromatic N) is 3. The average molecular weight is 297 g/mol. The second kappa shape index (κ2) is 7.25. The van der Waals surface area contributed by atoms with Gasteiger partial charge < -0.3 is 10.2 Å². The number of pyridine rings is 1. The highest BCUT2D eigenvalue weighted by molar-refractivity contribution is 6.31. The van der Waals surface area contributed by atoms with Gasteiger partial charge >= 0.3 is 0 Å². The summed E-state index contributed by atoms with van der Waals surface area (Å²) in [4.78, 5) is 9.55. The van der Waals surface area contributed by atoms with E-state index in [0.717, 1.165) is 49.3 Å². The van der Waals surface area contributed by atoms with Gasteiger partial charge in [-0.25, -0.2) is 4.98 Å². The Hall–Kier alpha value is -0.840. The summed E-state index contributed by atoms with van der Waals surface area (Å²) in [6, 6.07) is 4.62. The van der Waals surface area contributed by atoms with Gasteiger partial charge in [-0.3, -0.25) is 4.90 Å². The first kappa shape index (κ1) is 15.5. The smallest absolute Gasteiger partial charge is 0.129 e. The molecule has 20 heavy (non-hydrogen) atoms. The Balaban J connectivity index is 2.12. The van der Waals surface area contributed by atoms with Gasteiger partial charge in [-0.1, -0.05) is 25.4 Å². The molecule has 0 aliphatic carbocycles. The normalized spacial score (nSPS) is 20.4. The highest BCUT2D eigenvalue weighted by Crippen LogP contribution is 2.22. The largest absolute Gasteiger partial charge is 0.354 e. The van der Waals surface area contributed by atoms with E-state index >= 15 is 0 Å². The van der Waals surface area contributed by atoms with Crippen molar-refractivity contribution < 1.29 is 0 Å². The van der Waals surface area contributed by atoms with E-state index in [1.165, 1.54) is 6.42 Å². The minimum absolute atomic E-state index is 0.610. The summed E-state index contributed by atoms with van der Waals surface area (Å²) in [6.45, 7) is 9.15. The van der Waals surface area contributed by atoms with E-state index in [4.69, 9.17) is 16.6 Å². The molecule has 1 unspecified atom stereocenters. The lowest BCUT2D eigenvalue weighted by Crippen LogP contribution is -2.51. The molecule has 5 heteroatoms. The molecule has 112 valence electrons. The van der Waals surface area contributed by atoms with Crippen LogP contribution in [0.15, 0.2) is 12.1 Å². The summed E-state index contributed by atoms with van der Waals surface area (Å²) >= 11 is 6.22. The van der Waals surface area contributed by atoms with Crippen molar-refractivity contribution in [3.8, 4) is 0 Å². The molecule has 1 N–H and O–H groups in total. The number of rotatable bonds is 5. The van der Waals surface area contributed by atoms with Crippen LogP contribution in [0.5, 0.6) is 0 Å². The van der Waals surface area contributed by atoms with E-state index in [1.807, 2.05) is 12.1 Å². The van der Waals surface area contributed by atoms with Crippen LogP contribution in [0, 0.1) is 0 Å². The number of likely N-dealkylation sites (N-methyl/N-ethyl adjacent to an activating group) is 1. The molecule has 1 aliphatic rings. The maximum absolute atomic E-state index is 6.22. The van der Waals surface area contributed by atoms with Gasteiger partial charge in [0.1, 0.15) is 5.82 Å². The fourth-order valence-electron chi connectivity index (χ4n) is 2.61. The quantitative estimate of drug-likeness (QED) is 0.904. The fraction of sp³-hybridized carbons (Fsp3) is 0.667. The first-order valence-electron chi connectivity index (χ1n) is 7.47. The lowest BCUT2D eigenvalue weighted by atomic mass is 10.1. The molecule has 2 heterocycles. The second-order valence-corrected chi connectivity index (χ2v) is 5.77. The molecule has 1 aromatic heterocycles. The highest BCUT2D eigenvalue weighted by Gasteiger charge is 2.23. The third-order valence-corrected chi connectivity index (χ3v) is 4.36. The molecule has 0 aromatic carbocycles. The van der Waals surface area contributed by atoms with Gasteiger partial charge in [0.05, 0.1) is 10.7 Å². The highest BCUT2D eigenvalue weighted by atomic mass is 35.5. The van der Waals surface area contributed by atoms with Crippen LogP contribution >= 0.6 is 11.6 Å².